The smallest absolute Gasteiger partial charge is 0.403 e. The van der Waals surface area contributed by atoms with Gasteiger partial charge in [-0.2, -0.15) is 0 Å². The van der Waals surface area contributed by atoms with E-state index >= 15 is 0 Å². The van der Waals surface area contributed by atoms with Crippen molar-refractivity contribution in [2.24, 2.45) is 0 Å². The van der Waals surface area contributed by atoms with E-state index in [1.807, 2.05) is 0 Å². The summed E-state index contributed by atoms with van der Waals surface area (Å²) in [6.45, 7) is 8.47. The predicted molar refractivity (Wildman–Crippen MR) is 67.4 cm³/mol. The third-order valence-electron chi connectivity index (χ3n) is 4.16. The first-order chi connectivity index (χ1) is 7.42. The second-order valence-corrected chi connectivity index (χ2v) is 6.00. The number of allylic oxidation sites excluding steroid dienone is 2. The van der Waals surface area contributed by atoms with Gasteiger partial charge in [-0.1, -0.05) is 18.6 Å². The molecule has 2 aliphatic rings. The average molecular weight is 222 g/mol. The average Bonchev–Trinajstić information content (AvgIpc) is 2.42. The van der Waals surface area contributed by atoms with Gasteiger partial charge >= 0.3 is 7.12 Å². The van der Waals surface area contributed by atoms with E-state index in [0.29, 0.717) is 5.82 Å². The van der Waals surface area contributed by atoms with Crippen LogP contribution in [0, 0.1) is 0 Å². The number of hydrogen-bond acceptors (Lipinski definition) is 2. The van der Waals surface area contributed by atoms with Crippen molar-refractivity contribution in [3.63, 3.8) is 0 Å². The minimum Gasteiger partial charge on any atom is -0.403 e. The SMILES string of the molecule is CC1(C)OB([C@@H]2C=CCCCC2)OC1(C)C. The molecular weight excluding hydrogens is 199 g/mol. The van der Waals surface area contributed by atoms with Crippen molar-refractivity contribution >= 4 is 7.12 Å². The lowest BCUT2D eigenvalue weighted by molar-refractivity contribution is 0.00578. The van der Waals surface area contributed by atoms with Crippen LogP contribution in [0.4, 0.5) is 0 Å². The molecule has 1 aliphatic carbocycles. The fourth-order valence-electron chi connectivity index (χ4n) is 2.30. The van der Waals surface area contributed by atoms with Crippen molar-refractivity contribution in [2.75, 3.05) is 0 Å². The van der Waals surface area contributed by atoms with E-state index in [1.165, 1.54) is 25.7 Å². The molecule has 1 atom stereocenters. The van der Waals surface area contributed by atoms with Crippen LogP contribution in [0.25, 0.3) is 0 Å². The van der Waals surface area contributed by atoms with Gasteiger partial charge in [0.1, 0.15) is 0 Å². The molecular formula is C13H23BO2. The lowest BCUT2D eigenvalue weighted by Crippen LogP contribution is -2.41. The van der Waals surface area contributed by atoms with Gasteiger partial charge in [-0.25, -0.2) is 0 Å². The fraction of sp³-hybridized carbons (Fsp3) is 0.846. The summed E-state index contributed by atoms with van der Waals surface area (Å²) in [4.78, 5) is 0. The normalized spacial score (nSPS) is 32.8. The van der Waals surface area contributed by atoms with Crippen LogP contribution in [-0.4, -0.2) is 18.3 Å². The molecule has 0 radical (unpaired) electrons. The van der Waals surface area contributed by atoms with Gasteiger partial charge in [0.15, 0.2) is 0 Å². The molecule has 2 rings (SSSR count). The summed E-state index contributed by atoms with van der Waals surface area (Å²) in [6, 6.07) is 0. The second-order valence-electron chi connectivity index (χ2n) is 6.00. The topological polar surface area (TPSA) is 18.5 Å². The lowest BCUT2D eigenvalue weighted by atomic mass is 9.69. The van der Waals surface area contributed by atoms with Crippen molar-refractivity contribution in [3.8, 4) is 0 Å². The van der Waals surface area contributed by atoms with Gasteiger partial charge in [-0.15, -0.1) is 0 Å². The lowest BCUT2D eigenvalue weighted by Gasteiger charge is -2.32. The van der Waals surface area contributed by atoms with Crippen molar-refractivity contribution in [2.45, 2.75) is 70.4 Å². The summed E-state index contributed by atoms with van der Waals surface area (Å²) < 4.78 is 12.2. The van der Waals surface area contributed by atoms with E-state index in [9.17, 15) is 0 Å². The Morgan fingerprint density at radius 2 is 1.69 bits per heavy atom. The van der Waals surface area contributed by atoms with E-state index in [0.717, 1.165) is 0 Å². The molecule has 1 fully saturated rings. The van der Waals surface area contributed by atoms with Gasteiger partial charge in [0.25, 0.3) is 0 Å². The van der Waals surface area contributed by atoms with Crippen molar-refractivity contribution < 1.29 is 9.31 Å². The highest BCUT2D eigenvalue weighted by molar-refractivity contribution is 6.48. The first kappa shape index (κ1) is 12.2. The van der Waals surface area contributed by atoms with E-state index in [2.05, 4.69) is 39.8 Å². The molecule has 0 amide bonds. The Balaban J connectivity index is 2.07. The Bertz CT molecular complexity index is 268. The van der Waals surface area contributed by atoms with Crippen molar-refractivity contribution in [1.29, 1.82) is 0 Å². The molecule has 1 saturated heterocycles. The summed E-state index contributed by atoms with van der Waals surface area (Å²) in [5, 5.41) is 0. The molecule has 0 aromatic heterocycles. The molecule has 16 heavy (non-hydrogen) atoms. The molecule has 0 spiro atoms. The molecule has 0 aromatic carbocycles. The van der Waals surface area contributed by atoms with E-state index in [1.54, 1.807) is 0 Å². The zero-order chi connectivity index (χ0) is 11.8. The maximum absolute atomic E-state index is 6.09. The van der Waals surface area contributed by atoms with Crippen molar-refractivity contribution in [1.82, 2.24) is 0 Å². The minimum atomic E-state index is -0.197. The molecule has 2 nitrogen and oxygen atoms in total. The largest absolute Gasteiger partial charge is 0.465 e. The second kappa shape index (κ2) is 4.19. The Morgan fingerprint density at radius 3 is 2.31 bits per heavy atom. The summed E-state index contributed by atoms with van der Waals surface area (Å²) in [6.07, 6.45) is 9.54. The Morgan fingerprint density at radius 1 is 1.06 bits per heavy atom. The zero-order valence-electron chi connectivity index (χ0n) is 11.0. The molecule has 0 bridgehead atoms. The molecule has 3 heteroatoms. The van der Waals surface area contributed by atoms with Crippen LogP contribution in [0.2, 0.25) is 5.82 Å². The molecule has 1 aliphatic heterocycles. The Labute approximate surface area is 99.5 Å². The van der Waals surface area contributed by atoms with Crippen LogP contribution in [0.15, 0.2) is 12.2 Å². The molecule has 0 aromatic rings. The summed E-state index contributed by atoms with van der Waals surface area (Å²) >= 11 is 0. The highest BCUT2D eigenvalue weighted by Crippen LogP contribution is 2.42. The van der Waals surface area contributed by atoms with Crippen LogP contribution in [0.1, 0.15) is 53.4 Å². The van der Waals surface area contributed by atoms with Gasteiger partial charge in [0, 0.05) is 5.82 Å². The zero-order valence-corrected chi connectivity index (χ0v) is 11.0. The fourth-order valence-corrected chi connectivity index (χ4v) is 2.30. The van der Waals surface area contributed by atoms with Gasteiger partial charge in [-0.3, -0.25) is 0 Å². The third kappa shape index (κ3) is 2.21. The van der Waals surface area contributed by atoms with Gasteiger partial charge in [0.2, 0.25) is 0 Å². The number of hydrogen-bond donors (Lipinski definition) is 0. The standard InChI is InChI=1S/C13H23BO2/c1-12(2)13(3,4)16-14(15-12)11-9-7-5-6-8-10-11/h7,9,11H,5-6,8,10H2,1-4H3/t11-/m1/s1. The van der Waals surface area contributed by atoms with Crippen LogP contribution in [0.3, 0.4) is 0 Å². The quantitative estimate of drug-likeness (QED) is 0.498. The maximum Gasteiger partial charge on any atom is 0.465 e. The van der Waals surface area contributed by atoms with E-state index in [-0.39, 0.29) is 18.3 Å². The third-order valence-corrected chi connectivity index (χ3v) is 4.16. The minimum absolute atomic E-state index is 0.0562. The summed E-state index contributed by atoms with van der Waals surface area (Å²) in [5.74, 6) is 0.434. The van der Waals surface area contributed by atoms with Crippen LogP contribution in [0.5, 0.6) is 0 Å². The maximum atomic E-state index is 6.09. The van der Waals surface area contributed by atoms with E-state index in [4.69, 9.17) is 9.31 Å². The molecule has 0 saturated carbocycles. The first-order valence-corrected chi connectivity index (χ1v) is 6.45. The highest BCUT2D eigenvalue weighted by atomic mass is 16.7. The van der Waals surface area contributed by atoms with Crippen molar-refractivity contribution in [3.05, 3.63) is 12.2 Å². The van der Waals surface area contributed by atoms with Crippen LogP contribution in [-0.2, 0) is 9.31 Å². The van der Waals surface area contributed by atoms with Gasteiger partial charge in [-0.05, 0) is 47.0 Å². The van der Waals surface area contributed by atoms with E-state index < -0.39 is 0 Å². The molecule has 0 N–H and O–H groups in total. The Hall–Kier alpha value is -0.275. The summed E-state index contributed by atoms with van der Waals surface area (Å²) in [5.41, 5.74) is -0.393. The Kier molecular flexibility index (Phi) is 3.19. The first-order valence-electron chi connectivity index (χ1n) is 6.45. The predicted octanol–water partition coefficient (Wildman–Crippen LogP) is 3.58. The van der Waals surface area contributed by atoms with Crippen LogP contribution >= 0.6 is 0 Å². The number of rotatable bonds is 1. The monoisotopic (exact) mass is 222 g/mol. The van der Waals surface area contributed by atoms with Gasteiger partial charge < -0.3 is 9.31 Å². The molecule has 0 unspecified atom stereocenters. The highest BCUT2D eigenvalue weighted by Gasteiger charge is 2.53. The molecule has 90 valence electrons. The van der Waals surface area contributed by atoms with Gasteiger partial charge in [0.05, 0.1) is 11.2 Å². The molecule has 1 heterocycles. The summed E-state index contributed by atoms with van der Waals surface area (Å²) in [7, 11) is -0.0562. The van der Waals surface area contributed by atoms with Crippen LogP contribution < -0.4 is 0 Å².